The lowest BCUT2D eigenvalue weighted by atomic mass is 9.68. The third kappa shape index (κ3) is 1.09. The van der Waals surface area contributed by atoms with Crippen LogP contribution in [-0.2, 0) is 0 Å². The highest BCUT2D eigenvalue weighted by atomic mass is 16.3. The zero-order valence-electron chi connectivity index (χ0n) is 7.33. The van der Waals surface area contributed by atoms with Crippen molar-refractivity contribution in [3.63, 3.8) is 0 Å². The summed E-state index contributed by atoms with van der Waals surface area (Å²) in [4.78, 5) is 2.48. The quantitative estimate of drug-likeness (QED) is 0.602. The Hall–Kier alpha value is -0.0800. The lowest BCUT2D eigenvalue weighted by Gasteiger charge is -2.52. The Kier molecular flexibility index (Phi) is 1.69. The predicted octanol–water partition coefficient (Wildman–Crippen LogP) is 0.707. The molecule has 2 heterocycles. The Bertz CT molecular complexity index is 146. The molecule has 2 nitrogen and oxygen atoms in total. The summed E-state index contributed by atoms with van der Waals surface area (Å²) in [6.07, 6.45) is 1.30. The number of hydrogen-bond donors (Lipinski definition) is 1. The third-order valence-corrected chi connectivity index (χ3v) is 3.24. The van der Waals surface area contributed by atoms with Crippen molar-refractivity contribution in [2.45, 2.75) is 32.4 Å². The van der Waals surface area contributed by atoms with E-state index in [4.69, 9.17) is 0 Å². The number of fused-ring (bicyclic) bond motifs is 2. The fourth-order valence-corrected chi connectivity index (χ4v) is 2.32. The molecule has 2 unspecified atom stereocenters. The lowest BCUT2D eigenvalue weighted by molar-refractivity contribution is -0.114. The number of aliphatic hydroxyl groups is 1. The van der Waals surface area contributed by atoms with Gasteiger partial charge in [-0.3, -0.25) is 0 Å². The zero-order valence-corrected chi connectivity index (χ0v) is 7.33. The Balaban J connectivity index is 1.94. The van der Waals surface area contributed by atoms with Crippen molar-refractivity contribution in [3.05, 3.63) is 0 Å². The number of hydrogen-bond acceptors (Lipinski definition) is 2. The molecule has 3 aliphatic rings. The van der Waals surface area contributed by atoms with E-state index in [-0.39, 0.29) is 6.10 Å². The van der Waals surface area contributed by atoms with Crippen LogP contribution < -0.4 is 0 Å². The van der Waals surface area contributed by atoms with E-state index >= 15 is 0 Å². The maximum atomic E-state index is 9.50. The molecule has 1 saturated carbocycles. The predicted molar refractivity (Wildman–Crippen MR) is 44.3 cm³/mol. The van der Waals surface area contributed by atoms with Crippen LogP contribution in [0.15, 0.2) is 0 Å². The van der Waals surface area contributed by atoms with E-state index in [2.05, 4.69) is 18.7 Å². The second-order valence-corrected chi connectivity index (χ2v) is 4.29. The largest absolute Gasteiger partial charge is 0.392 e. The van der Waals surface area contributed by atoms with Crippen LogP contribution in [0.25, 0.3) is 0 Å². The Morgan fingerprint density at radius 3 is 2.18 bits per heavy atom. The summed E-state index contributed by atoms with van der Waals surface area (Å²) in [5.41, 5.74) is 0. The molecule has 0 spiro atoms. The van der Waals surface area contributed by atoms with E-state index in [0.29, 0.717) is 17.9 Å². The van der Waals surface area contributed by atoms with Gasteiger partial charge in [0.1, 0.15) is 0 Å². The van der Waals surface area contributed by atoms with Crippen molar-refractivity contribution in [3.8, 4) is 0 Å². The normalized spacial score (nSPS) is 44.2. The lowest BCUT2D eigenvalue weighted by Crippen LogP contribution is -2.59. The van der Waals surface area contributed by atoms with Crippen molar-refractivity contribution in [2.24, 2.45) is 11.8 Å². The van der Waals surface area contributed by atoms with Crippen LogP contribution in [0.2, 0.25) is 0 Å². The highest BCUT2D eigenvalue weighted by Crippen LogP contribution is 2.40. The van der Waals surface area contributed by atoms with Gasteiger partial charge in [0.05, 0.1) is 6.10 Å². The Labute approximate surface area is 68.2 Å². The first kappa shape index (κ1) is 7.56. The maximum Gasteiger partial charge on any atom is 0.0621 e. The summed E-state index contributed by atoms with van der Waals surface area (Å²) < 4.78 is 0. The molecule has 2 heteroatoms. The van der Waals surface area contributed by atoms with E-state index in [1.54, 1.807) is 0 Å². The van der Waals surface area contributed by atoms with Gasteiger partial charge in [-0.2, -0.15) is 0 Å². The summed E-state index contributed by atoms with van der Waals surface area (Å²) in [5, 5.41) is 9.50. The first-order chi connectivity index (χ1) is 5.18. The van der Waals surface area contributed by atoms with E-state index < -0.39 is 0 Å². The van der Waals surface area contributed by atoms with Crippen LogP contribution in [-0.4, -0.2) is 35.2 Å². The second-order valence-electron chi connectivity index (χ2n) is 4.29. The van der Waals surface area contributed by atoms with Gasteiger partial charge in [-0.25, -0.2) is 0 Å². The topological polar surface area (TPSA) is 23.5 Å². The molecule has 2 bridgehead atoms. The van der Waals surface area contributed by atoms with Crippen molar-refractivity contribution in [1.82, 2.24) is 4.90 Å². The maximum absolute atomic E-state index is 9.50. The Morgan fingerprint density at radius 1 is 1.27 bits per heavy atom. The van der Waals surface area contributed by atoms with E-state index in [1.165, 1.54) is 6.42 Å². The standard InChI is InChI=1S/C9H17NO/c1-6(2)10-4-7-3-8(5-10)9(7)11/h6-9,11H,3-5H2,1-2H3. The van der Waals surface area contributed by atoms with Gasteiger partial charge in [0.15, 0.2) is 0 Å². The molecule has 0 amide bonds. The summed E-state index contributed by atoms with van der Waals surface area (Å²) in [7, 11) is 0. The summed E-state index contributed by atoms with van der Waals surface area (Å²) in [5.74, 6) is 1.19. The SMILES string of the molecule is CC(C)N1CC2CC(C1)C2O. The molecule has 1 aliphatic carbocycles. The van der Waals surface area contributed by atoms with Crippen LogP contribution in [0.5, 0.6) is 0 Å². The van der Waals surface area contributed by atoms with Gasteiger partial charge in [0.2, 0.25) is 0 Å². The summed E-state index contributed by atoms with van der Waals surface area (Å²) in [6.45, 7) is 6.71. The molecule has 3 fully saturated rings. The van der Waals surface area contributed by atoms with Gasteiger partial charge >= 0.3 is 0 Å². The monoisotopic (exact) mass is 155 g/mol. The smallest absolute Gasteiger partial charge is 0.0621 e. The van der Waals surface area contributed by atoms with Crippen LogP contribution in [0.3, 0.4) is 0 Å². The molecule has 0 aromatic heterocycles. The van der Waals surface area contributed by atoms with Crippen molar-refractivity contribution < 1.29 is 5.11 Å². The molecule has 11 heavy (non-hydrogen) atoms. The fraction of sp³-hybridized carbons (Fsp3) is 1.00. The van der Waals surface area contributed by atoms with Crippen LogP contribution in [0.4, 0.5) is 0 Å². The average molecular weight is 155 g/mol. The molecule has 0 radical (unpaired) electrons. The van der Waals surface area contributed by atoms with Gasteiger partial charge in [-0.1, -0.05) is 0 Å². The average Bonchev–Trinajstić information content (AvgIpc) is 2.03. The van der Waals surface area contributed by atoms with Gasteiger partial charge in [-0.05, 0) is 32.1 Å². The molecule has 2 atom stereocenters. The molecule has 64 valence electrons. The van der Waals surface area contributed by atoms with Gasteiger partial charge in [0.25, 0.3) is 0 Å². The number of nitrogens with zero attached hydrogens (tertiary/aromatic N) is 1. The highest BCUT2D eigenvalue weighted by molar-refractivity contribution is 4.97. The van der Waals surface area contributed by atoms with Crippen molar-refractivity contribution in [2.75, 3.05) is 13.1 Å². The molecular weight excluding hydrogens is 138 g/mol. The fourth-order valence-electron chi connectivity index (χ4n) is 2.32. The van der Waals surface area contributed by atoms with Crippen molar-refractivity contribution >= 4 is 0 Å². The Morgan fingerprint density at radius 2 is 1.82 bits per heavy atom. The minimum Gasteiger partial charge on any atom is -0.392 e. The van der Waals surface area contributed by atoms with Gasteiger partial charge < -0.3 is 10.0 Å². The van der Waals surface area contributed by atoms with Crippen LogP contribution >= 0.6 is 0 Å². The number of aliphatic hydroxyl groups excluding tert-OH is 1. The van der Waals surface area contributed by atoms with E-state index in [9.17, 15) is 5.11 Å². The first-order valence-corrected chi connectivity index (χ1v) is 4.60. The molecule has 3 rings (SSSR count). The molecule has 2 aliphatic heterocycles. The van der Waals surface area contributed by atoms with Gasteiger partial charge in [-0.15, -0.1) is 0 Å². The highest BCUT2D eigenvalue weighted by Gasteiger charge is 2.45. The number of rotatable bonds is 1. The minimum atomic E-state index is 0.0324. The summed E-state index contributed by atoms with van der Waals surface area (Å²) in [6, 6.07) is 0.660. The molecule has 2 saturated heterocycles. The van der Waals surface area contributed by atoms with Gasteiger partial charge in [0, 0.05) is 19.1 Å². The van der Waals surface area contributed by atoms with E-state index in [0.717, 1.165) is 13.1 Å². The van der Waals surface area contributed by atoms with Crippen LogP contribution in [0, 0.1) is 11.8 Å². The molecule has 0 aromatic carbocycles. The summed E-state index contributed by atoms with van der Waals surface area (Å²) >= 11 is 0. The third-order valence-electron chi connectivity index (χ3n) is 3.24. The molecular formula is C9H17NO. The number of piperidine rings is 2. The van der Waals surface area contributed by atoms with Crippen molar-refractivity contribution in [1.29, 1.82) is 0 Å². The minimum absolute atomic E-state index is 0.0324. The molecule has 0 aromatic rings. The molecule has 1 N–H and O–H groups in total. The zero-order chi connectivity index (χ0) is 8.01. The van der Waals surface area contributed by atoms with E-state index in [1.807, 2.05) is 0 Å². The second kappa shape index (κ2) is 2.46. The first-order valence-electron chi connectivity index (χ1n) is 4.60. The van der Waals surface area contributed by atoms with Crippen LogP contribution in [0.1, 0.15) is 20.3 Å².